The van der Waals surface area contributed by atoms with Gasteiger partial charge in [-0.3, -0.25) is 19.3 Å². The van der Waals surface area contributed by atoms with Crippen LogP contribution in [-0.2, 0) is 23.9 Å². The summed E-state index contributed by atoms with van der Waals surface area (Å²) >= 11 is 0. The summed E-state index contributed by atoms with van der Waals surface area (Å²) in [5.74, 6) is -1.02. The molecule has 0 aromatic rings. The van der Waals surface area contributed by atoms with Gasteiger partial charge in [0.05, 0.1) is 5.60 Å². The average Bonchev–Trinajstić information content (AvgIpc) is 2.74. The number of ether oxygens (including phenoxy) is 1. The molecule has 134 valence electrons. The van der Waals surface area contributed by atoms with E-state index in [2.05, 4.69) is 5.32 Å². The molecule has 0 bridgehead atoms. The fourth-order valence-corrected chi connectivity index (χ4v) is 2.21. The van der Waals surface area contributed by atoms with Crippen LogP contribution in [0.25, 0.3) is 0 Å². The lowest BCUT2D eigenvalue weighted by molar-refractivity contribution is -0.137. The molecule has 0 aliphatic carbocycles. The number of carbonyl (C=O) groups is 4. The molecule has 0 aromatic heterocycles. The Morgan fingerprint density at radius 2 is 1.79 bits per heavy atom. The zero-order valence-electron chi connectivity index (χ0n) is 14.8. The molecule has 0 unspecified atom stereocenters. The SMILES string of the molecule is CC(C)(CCOC(C)(C)CC=O)NC(=O)CCN1C(=O)C=CC1=O. The Bertz CT molecular complexity index is 519. The minimum atomic E-state index is -0.523. The van der Waals surface area contributed by atoms with Crippen LogP contribution in [0.5, 0.6) is 0 Å². The van der Waals surface area contributed by atoms with E-state index >= 15 is 0 Å². The number of nitrogens with one attached hydrogen (secondary N) is 1. The summed E-state index contributed by atoms with van der Waals surface area (Å²) in [4.78, 5) is 46.5. The number of carbonyl (C=O) groups excluding carboxylic acids is 4. The standard InChI is InChI=1S/C17H26N2O5/c1-16(2,9-12-24-17(3,4)8-11-20)18-13(21)7-10-19-14(22)5-6-15(19)23/h5-6,11H,7-10,12H2,1-4H3,(H,18,21). The van der Waals surface area contributed by atoms with Crippen LogP contribution in [0, 0.1) is 0 Å². The van der Waals surface area contributed by atoms with Crippen molar-refractivity contribution in [2.24, 2.45) is 0 Å². The van der Waals surface area contributed by atoms with Gasteiger partial charge in [0.25, 0.3) is 11.8 Å². The van der Waals surface area contributed by atoms with Crippen molar-refractivity contribution in [2.75, 3.05) is 13.2 Å². The first kappa shape index (κ1) is 20.0. The molecule has 0 aromatic carbocycles. The van der Waals surface area contributed by atoms with Gasteiger partial charge in [-0.2, -0.15) is 0 Å². The molecule has 1 N–H and O–H groups in total. The highest BCUT2D eigenvalue weighted by atomic mass is 16.5. The van der Waals surface area contributed by atoms with E-state index in [4.69, 9.17) is 4.74 Å². The zero-order chi connectivity index (χ0) is 18.4. The first-order valence-corrected chi connectivity index (χ1v) is 7.98. The molecule has 7 nitrogen and oxygen atoms in total. The number of rotatable bonds is 10. The summed E-state index contributed by atoms with van der Waals surface area (Å²) in [7, 11) is 0. The van der Waals surface area contributed by atoms with Gasteiger partial charge < -0.3 is 14.8 Å². The molecule has 0 saturated carbocycles. The Balaban J connectivity index is 2.35. The lowest BCUT2D eigenvalue weighted by atomic mass is 10.0. The van der Waals surface area contributed by atoms with Crippen LogP contribution in [0.4, 0.5) is 0 Å². The largest absolute Gasteiger partial charge is 0.375 e. The third-order valence-electron chi connectivity index (χ3n) is 3.74. The van der Waals surface area contributed by atoms with E-state index in [1.165, 1.54) is 12.2 Å². The molecule has 3 amide bonds. The minimum Gasteiger partial charge on any atom is -0.375 e. The number of nitrogens with zero attached hydrogens (tertiary/aromatic N) is 1. The van der Waals surface area contributed by atoms with Crippen molar-refractivity contribution in [3.63, 3.8) is 0 Å². The van der Waals surface area contributed by atoms with Crippen LogP contribution in [0.15, 0.2) is 12.2 Å². The minimum absolute atomic E-state index is 0.0556. The molecule has 0 atom stereocenters. The Morgan fingerprint density at radius 1 is 1.21 bits per heavy atom. The smallest absolute Gasteiger partial charge is 0.253 e. The zero-order valence-corrected chi connectivity index (χ0v) is 14.8. The van der Waals surface area contributed by atoms with Gasteiger partial charge in [-0.25, -0.2) is 0 Å². The molecular formula is C17H26N2O5. The second-order valence-electron chi connectivity index (χ2n) is 7.07. The predicted octanol–water partition coefficient (Wildman–Crippen LogP) is 0.971. The monoisotopic (exact) mass is 338 g/mol. The summed E-state index contributed by atoms with van der Waals surface area (Å²) in [5.41, 5.74) is -1.02. The van der Waals surface area contributed by atoms with E-state index in [9.17, 15) is 19.2 Å². The van der Waals surface area contributed by atoms with Crippen molar-refractivity contribution in [3.8, 4) is 0 Å². The number of amides is 3. The molecule has 0 spiro atoms. The molecule has 7 heteroatoms. The van der Waals surface area contributed by atoms with Gasteiger partial charge in [0.2, 0.25) is 5.91 Å². The van der Waals surface area contributed by atoms with Crippen LogP contribution in [0.3, 0.4) is 0 Å². The average molecular weight is 338 g/mol. The molecular weight excluding hydrogens is 312 g/mol. The summed E-state index contributed by atoms with van der Waals surface area (Å²) in [6.07, 6.45) is 4.16. The number of hydrogen-bond acceptors (Lipinski definition) is 5. The maximum Gasteiger partial charge on any atom is 0.253 e. The van der Waals surface area contributed by atoms with Crippen molar-refractivity contribution in [1.82, 2.24) is 10.2 Å². The summed E-state index contributed by atoms with van der Waals surface area (Å²) < 4.78 is 5.67. The van der Waals surface area contributed by atoms with Gasteiger partial charge in [-0.1, -0.05) is 0 Å². The lowest BCUT2D eigenvalue weighted by Gasteiger charge is -2.29. The highest BCUT2D eigenvalue weighted by Gasteiger charge is 2.26. The van der Waals surface area contributed by atoms with E-state index in [0.717, 1.165) is 11.2 Å². The Kier molecular flexibility index (Phi) is 6.83. The Morgan fingerprint density at radius 3 is 2.33 bits per heavy atom. The highest BCUT2D eigenvalue weighted by molar-refractivity contribution is 6.13. The number of hydrogen-bond donors (Lipinski definition) is 1. The van der Waals surface area contributed by atoms with Gasteiger partial charge >= 0.3 is 0 Å². The third-order valence-corrected chi connectivity index (χ3v) is 3.74. The van der Waals surface area contributed by atoms with Gasteiger partial charge in [-0.05, 0) is 34.1 Å². The summed E-state index contributed by atoms with van der Waals surface area (Å²) in [5, 5.41) is 2.87. The van der Waals surface area contributed by atoms with Crippen molar-refractivity contribution >= 4 is 24.0 Å². The molecule has 0 radical (unpaired) electrons. The van der Waals surface area contributed by atoms with Gasteiger partial charge in [0.1, 0.15) is 6.29 Å². The lowest BCUT2D eigenvalue weighted by Crippen LogP contribution is -2.46. The van der Waals surface area contributed by atoms with Crippen LogP contribution in [-0.4, -0.2) is 53.2 Å². The molecule has 1 aliphatic rings. The Labute approximate surface area is 142 Å². The van der Waals surface area contributed by atoms with E-state index in [0.29, 0.717) is 19.4 Å². The number of aldehydes is 1. The normalized spacial score (nSPS) is 15.1. The van der Waals surface area contributed by atoms with Crippen LogP contribution < -0.4 is 5.32 Å². The number of imide groups is 1. The third kappa shape index (κ3) is 6.62. The van der Waals surface area contributed by atoms with Crippen LogP contribution in [0.2, 0.25) is 0 Å². The van der Waals surface area contributed by atoms with Gasteiger partial charge in [0, 0.05) is 43.7 Å². The quantitative estimate of drug-likeness (QED) is 0.473. The highest BCUT2D eigenvalue weighted by Crippen LogP contribution is 2.16. The molecule has 1 rings (SSSR count). The molecule has 1 aliphatic heterocycles. The van der Waals surface area contributed by atoms with Gasteiger partial charge in [0.15, 0.2) is 0 Å². The Hall–Kier alpha value is -2.02. The van der Waals surface area contributed by atoms with Crippen LogP contribution in [0.1, 0.15) is 47.0 Å². The van der Waals surface area contributed by atoms with Crippen molar-refractivity contribution < 1.29 is 23.9 Å². The van der Waals surface area contributed by atoms with Crippen molar-refractivity contribution in [2.45, 2.75) is 58.1 Å². The second-order valence-corrected chi connectivity index (χ2v) is 7.07. The van der Waals surface area contributed by atoms with E-state index in [1.54, 1.807) is 0 Å². The maximum atomic E-state index is 12.0. The topological polar surface area (TPSA) is 92.8 Å². The predicted molar refractivity (Wildman–Crippen MR) is 88.0 cm³/mol. The van der Waals surface area contributed by atoms with Crippen molar-refractivity contribution in [3.05, 3.63) is 12.2 Å². The second kappa shape index (κ2) is 8.19. The fraction of sp³-hybridized carbons (Fsp3) is 0.647. The molecule has 1 heterocycles. The van der Waals surface area contributed by atoms with Crippen LogP contribution >= 0.6 is 0 Å². The first-order chi connectivity index (χ1) is 11.1. The van der Waals surface area contributed by atoms with Crippen molar-refractivity contribution in [1.29, 1.82) is 0 Å². The van der Waals surface area contributed by atoms with E-state index in [-0.39, 0.29) is 18.9 Å². The molecule has 0 saturated heterocycles. The van der Waals surface area contributed by atoms with Gasteiger partial charge in [-0.15, -0.1) is 0 Å². The summed E-state index contributed by atoms with van der Waals surface area (Å²) in [6.45, 7) is 7.89. The molecule has 24 heavy (non-hydrogen) atoms. The first-order valence-electron chi connectivity index (χ1n) is 7.98. The molecule has 0 fully saturated rings. The maximum absolute atomic E-state index is 12.0. The van der Waals surface area contributed by atoms with E-state index in [1.807, 2.05) is 27.7 Å². The van der Waals surface area contributed by atoms with E-state index < -0.39 is 23.0 Å². The fourth-order valence-electron chi connectivity index (χ4n) is 2.21. The summed E-state index contributed by atoms with van der Waals surface area (Å²) in [6, 6.07) is 0.